The molecule has 0 aromatic heterocycles. The second-order valence-corrected chi connectivity index (χ2v) is 14.6. The quantitative estimate of drug-likeness (QED) is 0.137. The van der Waals surface area contributed by atoms with Crippen LogP contribution in [0.1, 0.15) is 41.0 Å². The zero-order chi connectivity index (χ0) is 38.8. The van der Waals surface area contributed by atoms with Gasteiger partial charge in [-0.25, -0.2) is 0 Å². The van der Waals surface area contributed by atoms with E-state index in [4.69, 9.17) is 0 Å². The number of aromatic hydroxyl groups is 2. The van der Waals surface area contributed by atoms with Gasteiger partial charge >= 0.3 is 6.36 Å². The molecule has 4 aliphatic rings. The number of nitrogens with zero attached hydrogens (tertiary/aromatic N) is 2. The Bertz CT molecular complexity index is 2230. The molecule has 2 aliphatic carbocycles. The molecule has 0 unspecified atom stereocenters. The zero-order valence-corrected chi connectivity index (χ0v) is 29.5. The molecule has 55 heavy (non-hydrogen) atoms. The van der Waals surface area contributed by atoms with Crippen LogP contribution in [0.25, 0.3) is 0 Å². The lowest BCUT2D eigenvalue weighted by atomic mass is 9.49. The summed E-state index contributed by atoms with van der Waals surface area (Å²) in [5.74, 6) is -8.05. The number of carbonyl (C=O) groups excluding carboxylic acids is 4. The number of likely N-dealkylation sites (tertiary alicyclic amines) is 1. The molecule has 4 aromatic carbocycles. The number of fused-ring (bicyclic) bond motifs is 4. The Morgan fingerprint density at radius 2 is 1.56 bits per heavy atom. The van der Waals surface area contributed by atoms with Gasteiger partial charge in [0.25, 0.3) is 11.8 Å². The van der Waals surface area contributed by atoms with Crippen molar-refractivity contribution in [1.29, 1.82) is 0 Å². The number of imide groups is 2. The van der Waals surface area contributed by atoms with E-state index in [2.05, 4.69) is 10.2 Å². The number of benzene rings is 4. The van der Waals surface area contributed by atoms with E-state index in [1.165, 1.54) is 17.0 Å². The molecule has 1 saturated carbocycles. The van der Waals surface area contributed by atoms with Crippen LogP contribution in [0.3, 0.4) is 0 Å². The number of phenolic OH excluding ortho intramolecular Hbond substituents is 2. The summed E-state index contributed by atoms with van der Waals surface area (Å²) < 4.78 is 45.1. The van der Waals surface area contributed by atoms with E-state index < -0.39 is 70.6 Å². The van der Waals surface area contributed by atoms with Gasteiger partial charge in [0.15, 0.2) is 0 Å². The number of anilines is 1. The lowest BCUT2D eigenvalue weighted by molar-refractivity contribution is -0.274. The normalized spacial score (nSPS) is 26.0. The van der Waals surface area contributed by atoms with Crippen molar-refractivity contribution in [2.75, 3.05) is 12.0 Å². The number of rotatable bonds is 8. The summed E-state index contributed by atoms with van der Waals surface area (Å²) in [5, 5.41) is 22.2. The first-order chi connectivity index (χ1) is 26.3. The van der Waals surface area contributed by atoms with Gasteiger partial charge in [-0.15, -0.1) is 13.2 Å². The maximum atomic E-state index is 15.2. The number of alkyl halides is 3. The molecular formula is C42H36F3N3O7. The summed E-state index contributed by atoms with van der Waals surface area (Å²) in [6.07, 6.45) is -2.92. The first-order valence-electron chi connectivity index (χ1n) is 18.0. The number of hydrazine groups is 1. The van der Waals surface area contributed by atoms with Crippen LogP contribution in [0.15, 0.2) is 109 Å². The molecule has 0 radical (unpaired) electrons. The van der Waals surface area contributed by atoms with Crippen molar-refractivity contribution in [2.45, 2.75) is 43.9 Å². The number of phenols is 2. The average Bonchev–Trinajstić information content (AvgIpc) is 3.53. The lowest BCUT2D eigenvalue weighted by Gasteiger charge is -2.50. The molecule has 13 heteroatoms. The summed E-state index contributed by atoms with van der Waals surface area (Å²) in [6.45, 7) is 1.95. The van der Waals surface area contributed by atoms with Crippen molar-refractivity contribution in [3.8, 4) is 17.2 Å². The van der Waals surface area contributed by atoms with E-state index in [1.54, 1.807) is 72.8 Å². The van der Waals surface area contributed by atoms with Gasteiger partial charge in [0, 0.05) is 18.0 Å². The first-order valence-corrected chi connectivity index (χ1v) is 18.0. The Hall–Kier alpha value is -6.11. The maximum Gasteiger partial charge on any atom is 0.573 e. The van der Waals surface area contributed by atoms with Crippen molar-refractivity contribution in [2.24, 2.45) is 23.7 Å². The fraction of sp³-hybridized carbons (Fsp3) is 0.286. The SMILES string of the molecule is Cc1ccc(NN2C(=O)[C@@H]3C[C@@H]4C(=CC[C@@H]5C(=O)N(CCc6ccc(O)cc6)C(=O)[C@@H]54)[C@H](c4cc(OC(F)(F)F)ccc4O)[C@]3(c3ccccc3)C2=O)cc1. The second kappa shape index (κ2) is 13.3. The summed E-state index contributed by atoms with van der Waals surface area (Å²) in [4.78, 5) is 59.6. The summed E-state index contributed by atoms with van der Waals surface area (Å²) in [5.41, 5.74) is 4.11. The molecule has 4 amide bonds. The highest BCUT2D eigenvalue weighted by Crippen LogP contribution is 2.65. The van der Waals surface area contributed by atoms with Gasteiger partial charge in [0.05, 0.1) is 28.9 Å². The Morgan fingerprint density at radius 1 is 0.855 bits per heavy atom. The van der Waals surface area contributed by atoms with E-state index in [9.17, 15) is 37.8 Å². The van der Waals surface area contributed by atoms with E-state index in [1.807, 2.05) is 6.92 Å². The third-order valence-electron chi connectivity index (χ3n) is 11.6. The molecule has 2 saturated heterocycles. The molecule has 0 bridgehead atoms. The molecule has 8 rings (SSSR count). The Labute approximate surface area is 313 Å². The van der Waals surface area contributed by atoms with E-state index in [-0.39, 0.29) is 36.6 Å². The van der Waals surface area contributed by atoms with Crippen molar-refractivity contribution in [1.82, 2.24) is 9.91 Å². The first kappa shape index (κ1) is 35.9. The van der Waals surface area contributed by atoms with Crippen LogP contribution in [-0.2, 0) is 31.0 Å². The van der Waals surface area contributed by atoms with Gasteiger partial charge in [0.2, 0.25) is 11.8 Å². The van der Waals surface area contributed by atoms with Gasteiger partial charge in [-0.3, -0.25) is 29.5 Å². The summed E-state index contributed by atoms with van der Waals surface area (Å²) in [6, 6.07) is 25.0. The number of amides is 4. The zero-order valence-electron chi connectivity index (χ0n) is 29.5. The van der Waals surface area contributed by atoms with Crippen LogP contribution in [0, 0.1) is 30.6 Å². The van der Waals surface area contributed by atoms with Crippen LogP contribution in [-0.4, -0.2) is 56.7 Å². The third-order valence-corrected chi connectivity index (χ3v) is 11.6. The molecule has 282 valence electrons. The standard InChI is InChI=1S/C42H36F3N3O7/c1-23-7-11-26(12-8-23)46-48-38(52)33-22-31-29(16-17-30-35(31)39(53)47(37(30)51)20-19-24-9-13-27(49)14-10-24)36(41(33,40(48)54)25-5-3-2-4-6-25)32-21-28(15-18-34(32)50)55-42(43,44)45/h2-16,18,21,30-31,33,35-36,46,49-50H,17,19-20,22H2,1H3/t30-,31+,33-,35-,36+,41+/m0/s1. The predicted molar refractivity (Wildman–Crippen MR) is 192 cm³/mol. The van der Waals surface area contributed by atoms with Crippen molar-refractivity contribution in [3.05, 3.63) is 131 Å². The molecule has 2 heterocycles. The van der Waals surface area contributed by atoms with Crippen LogP contribution >= 0.6 is 0 Å². The Morgan fingerprint density at radius 3 is 2.25 bits per heavy atom. The smallest absolute Gasteiger partial charge is 0.508 e. The molecule has 3 fully saturated rings. The van der Waals surface area contributed by atoms with Crippen molar-refractivity contribution < 1.29 is 47.3 Å². The third kappa shape index (κ3) is 5.98. The molecular weight excluding hydrogens is 715 g/mol. The topological polar surface area (TPSA) is 136 Å². The van der Waals surface area contributed by atoms with Crippen LogP contribution in [0.4, 0.5) is 18.9 Å². The van der Waals surface area contributed by atoms with Gasteiger partial charge in [-0.1, -0.05) is 71.8 Å². The highest BCUT2D eigenvalue weighted by atomic mass is 19.4. The predicted octanol–water partition coefficient (Wildman–Crippen LogP) is 6.53. The molecule has 4 aromatic rings. The fourth-order valence-electron chi connectivity index (χ4n) is 9.24. The molecule has 2 aliphatic heterocycles. The van der Waals surface area contributed by atoms with Gasteiger partial charge in [-0.05, 0) is 85.7 Å². The van der Waals surface area contributed by atoms with Crippen molar-refractivity contribution in [3.63, 3.8) is 0 Å². The lowest BCUT2D eigenvalue weighted by Crippen LogP contribution is -2.53. The van der Waals surface area contributed by atoms with Gasteiger partial charge in [-0.2, -0.15) is 5.01 Å². The number of carbonyl (C=O) groups is 4. The summed E-state index contributed by atoms with van der Waals surface area (Å²) >= 11 is 0. The van der Waals surface area contributed by atoms with Crippen molar-refractivity contribution >= 4 is 29.3 Å². The Kier molecular flexibility index (Phi) is 8.70. The number of halogens is 3. The van der Waals surface area contributed by atoms with E-state index >= 15 is 4.79 Å². The number of nitrogens with one attached hydrogen (secondary N) is 1. The molecule has 3 N–H and O–H groups in total. The van der Waals surface area contributed by atoms with Gasteiger partial charge in [0.1, 0.15) is 17.2 Å². The minimum absolute atomic E-state index is 0.0284. The van der Waals surface area contributed by atoms with Crippen LogP contribution in [0.2, 0.25) is 0 Å². The highest BCUT2D eigenvalue weighted by molar-refractivity contribution is 6.13. The summed E-state index contributed by atoms with van der Waals surface area (Å²) in [7, 11) is 0. The van der Waals surface area contributed by atoms with E-state index in [0.29, 0.717) is 23.2 Å². The van der Waals surface area contributed by atoms with Gasteiger partial charge < -0.3 is 14.9 Å². The Balaban J connectivity index is 1.28. The number of hydrogen-bond donors (Lipinski definition) is 3. The number of ether oxygens (including phenoxy) is 1. The molecule has 0 spiro atoms. The monoisotopic (exact) mass is 751 g/mol. The average molecular weight is 752 g/mol. The number of aryl methyl sites for hydroxylation is 1. The van der Waals surface area contributed by atoms with Crippen LogP contribution in [0.5, 0.6) is 17.2 Å². The highest BCUT2D eigenvalue weighted by Gasteiger charge is 2.70. The molecule has 6 atom stereocenters. The maximum absolute atomic E-state index is 15.2. The minimum Gasteiger partial charge on any atom is -0.508 e. The van der Waals surface area contributed by atoms with Crippen LogP contribution < -0.4 is 10.2 Å². The molecule has 10 nitrogen and oxygen atoms in total. The number of hydrogen-bond acceptors (Lipinski definition) is 8. The van der Waals surface area contributed by atoms with E-state index in [0.717, 1.165) is 34.3 Å². The largest absolute Gasteiger partial charge is 0.573 e. The minimum atomic E-state index is -5.07. The second-order valence-electron chi connectivity index (χ2n) is 14.6. The number of allylic oxidation sites excluding steroid dienone is 2. The fourth-order valence-corrected chi connectivity index (χ4v) is 9.24.